The normalized spacial score (nSPS) is 15.3. The highest BCUT2D eigenvalue weighted by molar-refractivity contribution is 5.94. The highest BCUT2D eigenvalue weighted by Gasteiger charge is 2.26. The molecule has 2 amide bonds. The Bertz CT molecular complexity index is 736. The maximum absolute atomic E-state index is 12.3. The predicted octanol–water partition coefficient (Wildman–Crippen LogP) is 2.97. The number of para-hydroxylation sites is 1. The smallest absolute Gasteiger partial charge is 0.246 e. The van der Waals surface area contributed by atoms with Gasteiger partial charge in [-0.2, -0.15) is 0 Å². The van der Waals surface area contributed by atoms with Crippen LogP contribution in [0.5, 0.6) is 0 Å². The number of piperidine rings is 1. The van der Waals surface area contributed by atoms with Gasteiger partial charge in [0.15, 0.2) is 0 Å². The number of amides is 2. The molecule has 0 spiro atoms. The lowest BCUT2D eigenvalue weighted by atomic mass is 9.95. The molecule has 3 rings (SSSR count). The molecule has 1 aromatic heterocycles. The summed E-state index contributed by atoms with van der Waals surface area (Å²) in [4.78, 5) is 30.4. The Kier molecular flexibility index (Phi) is 5.57. The fraction of sp³-hybridized carbons (Fsp3) is 0.250. The lowest BCUT2D eigenvalue weighted by Gasteiger charge is -2.30. The first-order valence-electron chi connectivity index (χ1n) is 8.45. The van der Waals surface area contributed by atoms with Crippen molar-refractivity contribution >= 4 is 23.6 Å². The molecule has 1 aromatic carbocycles. The van der Waals surface area contributed by atoms with Crippen LogP contribution in [0.3, 0.4) is 0 Å². The minimum atomic E-state index is -0.0495. The molecule has 0 bridgehead atoms. The van der Waals surface area contributed by atoms with E-state index in [-0.39, 0.29) is 17.7 Å². The number of hydrogen-bond acceptors (Lipinski definition) is 3. The Morgan fingerprint density at radius 1 is 1.08 bits per heavy atom. The molecule has 1 N–H and O–H groups in total. The van der Waals surface area contributed by atoms with Crippen molar-refractivity contribution < 1.29 is 9.59 Å². The fourth-order valence-electron chi connectivity index (χ4n) is 2.88. The van der Waals surface area contributed by atoms with Crippen LogP contribution < -0.4 is 5.32 Å². The zero-order valence-electron chi connectivity index (χ0n) is 14.0. The van der Waals surface area contributed by atoms with Gasteiger partial charge in [0, 0.05) is 43.2 Å². The van der Waals surface area contributed by atoms with E-state index >= 15 is 0 Å². The molecule has 0 aliphatic carbocycles. The van der Waals surface area contributed by atoms with E-state index in [1.807, 2.05) is 42.5 Å². The van der Waals surface area contributed by atoms with E-state index in [4.69, 9.17) is 0 Å². The largest absolute Gasteiger partial charge is 0.339 e. The standard InChI is InChI=1S/C20H21N3O2/c24-19(9-8-16-5-4-12-21-15-16)23-13-10-17(11-14-23)20(25)22-18-6-2-1-3-7-18/h1-9,12,15,17H,10-11,13-14H2,(H,22,25)/b9-8+. The number of nitrogens with one attached hydrogen (secondary N) is 1. The van der Waals surface area contributed by atoms with E-state index in [0.717, 1.165) is 11.3 Å². The molecule has 5 nitrogen and oxygen atoms in total. The molecule has 1 aliphatic heterocycles. The third-order valence-electron chi connectivity index (χ3n) is 4.32. The van der Waals surface area contributed by atoms with Crippen LogP contribution in [0.4, 0.5) is 5.69 Å². The van der Waals surface area contributed by atoms with Crippen LogP contribution in [0.15, 0.2) is 60.9 Å². The van der Waals surface area contributed by atoms with Gasteiger partial charge in [0.05, 0.1) is 0 Å². The van der Waals surface area contributed by atoms with E-state index in [9.17, 15) is 9.59 Å². The van der Waals surface area contributed by atoms with Gasteiger partial charge in [-0.1, -0.05) is 24.3 Å². The maximum Gasteiger partial charge on any atom is 0.246 e. The third-order valence-corrected chi connectivity index (χ3v) is 4.32. The van der Waals surface area contributed by atoms with E-state index in [1.54, 1.807) is 29.4 Å². The second kappa shape index (κ2) is 8.24. The van der Waals surface area contributed by atoms with E-state index < -0.39 is 0 Å². The molecule has 0 unspecified atom stereocenters. The van der Waals surface area contributed by atoms with Crippen LogP contribution in [0, 0.1) is 5.92 Å². The van der Waals surface area contributed by atoms with Gasteiger partial charge in [-0.15, -0.1) is 0 Å². The van der Waals surface area contributed by atoms with Crippen molar-refractivity contribution in [2.24, 2.45) is 5.92 Å². The summed E-state index contributed by atoms with van der Waals surface area (Å²) in [7, 11) is 0. The topological polar surface area (TPSA) is 62.3 Å². The summed E-state index contributed by atoms with van der Waals surface area (Å²) in [5.74, 6) is -0.0402. The third kappa shape index (κ3) is 4.76. The molecule has 1 saturated heterocycles. The Hall–Kier alpha value is -2.95. The van der Waals surface area contributed by atoms with Gasteiger partial charge in [-0.25, -0.2) is 0 Å². The number of carbonyl (C=O) groups excluding carboxylic acids is 2. The number of rotatable bonds is 4. The molecule has 2 heterocycles. The van der Waals surface area contributed by atoms with Gasteiger partial charge >= 0.3 is 0 Å². The van der Waals surface area contributed by atoms with Crippen LogP contribution in [-0.4, -0.2) is 34.8 Å². The second-order valence-corrected chi connectivity index (χ2v) is 6.07. The summed E-state index contributed by atoms with van der Waals surface area (Å²) in [6.45, 7) is 1.20. The minimum Gasteiger partial charge on any atom is -0.339 e. The SMILES string of the molecule is O=C(Nc1ccccc1)C1CCN(C(=O)/C=C/c2cccnc2)CC1. The molecule has 25 heavy (non-hydrogen) atoms. The quantitative estimate of drug-likeness (QED) is 0.874. The highest BCUT2D eigenvalue weighted by Crippen LogP contribution is 2.20. The molecule has 128 valence electrons. The number of carbonyl (C=O) groups is 2. The fourth-order valence-corrected chi connectivity index (χ4v) is 2.88. The van der Waals surface area contributed by atoms with Crippen molar-refractivity contribution in [1.82, 2.24) is 9.88 Å². The summed E-state index contributed by atoms with van der Waals surface area (Å²) >= 11 is 0. The first-order valence-corrected chi connectivity index (χ1v) is 8.45. The number of anilines is 1. The van der Waals surface area contributed by atoms with E-state index in [0.29, 0.717) is 25.9 Å². The first kappa shape index (κ1) is 16.9. The van der Waals surface area contributed by atoms with Gasteiger partial charge in [0.25, 0.3) is 0 Å². The monoisotopic (exact) mass is 335 g/mol. The summed E-state index contributed by atoms with van der Waals surface area (Å²) in [6.07, 6.45) is 8.12. The molecule has 0 radical (unpaired) electrons. The molecular weight excluding hydrogens is 314 g/mol. The molecule has 5 heteroatoms. The zero-order chi connectivity index (χ0) is 17.5. The van der Waals surface area contributed by atoms with E-state index in [1.165, 1.54) is 0 Å². The van der Waals surface area contributed by atoms with Crippen molar-refractivity contribution in [2.75, 3.05) is 18.4 Å². The van der Waals surface area contributed by atoms with E-state index in [2.05, 4.69) is 10.3 Å². The Labute approximate surface area is 147 Å². The Balaban J connectivity index is 1.49. The van der Waals surface area contributed by atoms with Gasteiger partial charge in [0.1, 0.15) is 0 Å². The number of hydrogen-bond donors (Lipinski definition) is 1. The van der Waals surface area contributed by atoms with Crippen molar-refractivity contribution in [2.45, 2.75) is 12.8 Å². The number of aromatic nitrogens is 1. The summed E-state index contributed by atoms with van der Waals surface area (Å²) in [5, 5.41) is 2.94. The lowest BCUT2D eigenvalue weighted by Crippen LogP contribution is -2.40. The average molecular weight is 335 g/mol. The van der Waals surface area contributed by atoms with Crippen LogP contribution in [-0.2, 0) is 9.59 Å². The molecule has 0 atom stereocenters. The van der Waals surface area contributed by atoms with Crippen LogP contribution >= 0.6 is 0 Å². The zero-order valence-corrected chi connectivity index (χ0v) is 14.0. The number of benzene rings is 1. The van der Waals surface area contributed by atoms with Gasteiger partial charge < -0.3 is 10.2 Å². The average Bonchev–Trinajstić information content (AvgIpc) is 2.68. The van der Waals surface area contributed by atoms with Crippen molar-refractivity contribution in [1.29, 1.82) is 0 Å². The number of nitrogens with zero attached hydrogens (tertiary/aromatic N) is 2. The van der Waals surface area contributed by atoms with Gasteiger partial charge in [0.2, 0.25) is 11.8 Å². The lowest BCUT2D eigenvalue weighted by molar-refractivity contribution is -0.130. The Morgan fingerprint density at radius 2 is 1.84 bits per heavy atom. The second-order valence-electron chi connectivity index (χ2n) is 6.07. The van der Waals surface area contributed by atoms with Crippen LogP contribution in [0.25, 0.3) is 6.08 Å². The molecule has 1 aliphatic rings. The summed E-state index contributed by atoms with van der Waals surface area (Å²) in [5.41, 5.74) is 1.71. The van der Waals surface area contributed by atoms with Crippen LogP contribution in [0.2, 0.25) is 0 Å². The minimum absolute atomic E-state index is 0.0224. The van der Waals surface area contributed by atoms with Crippen molar-refractivity contribution in [3.8, 4) is 0 Å². The first-order chi connectivity index (χ1) is 12.2. The van der Waals surface area contributed by atoms with Gasteiger partial charge in [-0.3, -0.25) is 14.6 Å². The molecular formula is C20H21N3O2. The molecule has 0 saturated carbocycles. The predicted molar refractivity (Wildman–Crippen MR) is 97.6 cm³/mol. The van der Waals surface area contributed by atoms with Gasteiger partial charge in [-0.05, 0) is 42.7 Å². The number of likely N-dealkylation sites (tertiary alicyclic amines) is 1. The number of pyridine rings is 1. The molecule has 1 fully saturated rings. The van der Waals surface area contributed by atoms with Crippen molar-refractivity contribution in [3.05, 3.63) is 66.5 Å². The highest BCUT2D eigenvalue weighted by atomic mass is 16.2. The van der Waals surface area contributed by atoms with Crippen LogP contribution in [0.1, 0.15) is 18.4 Å². The Morgan fingerprint density at radius 3 is 2.52 bits per heavy atom. The summed E-state index contributed by atoms with van der Waals surface area (Å²) < 4.78 is 0. The summed E-state index contributed by atoms with van der Waals surface area (Å²) in [6, 6.07) is 13.2. The molecule has 2 aromatic rings. The van der Waals surface area contributed by atoms with Crippen molar-refractivity contribution in [3.63, 3.8) is 0 Å². The maximum atomic E-state index is 12.3.